The average molecular weight is 305 g/mol. The molecular weight excluding hydrogens is 278 g/mol. The summed E-state index contributed by atoms with van der Waals surface area (Å²) in [6.45, 7) is 5.98. The summed E-state index contributed by atoms with van der Waals surface area (Å²) < 4.78 is 4.93. The number of ether oxygens (including phenoxy) is 1. The third-order valence-electron chi connectivity index (χ3n) is 4.09. The van der Waals surface area contributed by atoms with Crippen LogP contribution in [-0.2, 0) is 4.74 Å². The number of nitrogens with zero attached hydrogens (tertiary/aromatic N) is 1. The molecule has 122 valence electrons. The minimum absolute atomic E-state index is 0.131. The van der Waals surface area contributed by atoms with Gasteiger partial charge in [-0.3, -0.25) is 4.90 Å². The van der Waals surface area contributed by atoms with Crippen molar-refractivity contribution in [3.63, 3.8) is 0 Å². The van der Waals surface area contributed by atoms with Crippen LogP contribution in [0.15, 0.2) is 24.3 Å². The van der Waals surface area contributed by atoms with E-state index in [4.69, 9.17) is 4.74 Å². The van der Waals surface area contributed by atoms with Crippen LogP contribution in [0.25, 0.3) is 0 Å². The molecule has 0 aliphatic carbocycles. The standard InChI is InChI=1S/C17H27N3O2/c1-14-5-7-15(8-6-14)16(20-10-3-4-11-20)13-19-17(21)18-9-12-22-2/h5-8,16H,3-4,9-13H2,1-2H3,(H2,18,19,21). The monoisotopic (exact) mass is 305 g/mol. The van der Waals surface area contributed by atoms with Crippen LogP contribution in [0.2, 0.25) is 0 Å². The summed E-state index contributed by atoms with van der Waals surface area (Å²) in [4.78, 5) is 14.3. The molecule has 2 rings (SSSR count). The molecule has 1 unspecified atom stereocenters. The summed E-state index contributed by atoms with van der Waals surface area (Å²) >= 11 is 0. The SMILES string of the molecule is COCCNC(=O)NCC(c1ccc(C)cc1)N1CCCC1. The predicted octanol–water partition coefficient (Wildman–Crippen LogP) is 2.08. The van der Waals surface area contributed by atoms with E-state index in [1.54, 1.807) is 7.11 Å². The Kier molecular flexibility index (Phi) is 6.68. The molecule has 1 aromatic carbocycles. The maximum Gasteiger partial charge on any atom is 0.314 e. The summed E-state index contributed by atoms with van der Waals surface area (Å²) in [5.41, 5.74) is 2.53. The number of benzene rings is 1. The van der Waals surface area contributed by atoms with E-state index >= 15 is 0 Å². The van der Waals surface area contributed by atoms with Crippen molar-refractivity contribution in [3.8, 4) is 0 Å². The minimum atomic E-state index is -0.131. The number of amides is 2. The highest BCUT2D eigenvalue weighted by atomic mass is 16.5. The van der Waals surface area contributed by atoms with Gasteiger partial charge in [0.15, 0.2) is 0 Å². The molecule has 1 aliphatic rings. The number of hydrogen-bond donors (Lipinski definition) is 2. The fourth-order valence-electron chi connectivity index (χ4n) is 2.82. The third-order valence-corrected chi connectivity index (χ3v) is 4.09. The van der Waals surface area contributed by atoms with Gasteiger partial charge in [0.25, 0.3) is 0 Å². The van der Waals surface area contributed by atoms with Crippen molar-refractivity contribution in [1.82, 2.24) is 15.5 Å². The molecule has 0 radical (unpaired) electrons. The Morgan fingerprint density at radius 3 is 2.55 bits per heavy atom. The maximum atomic E-state index is 11.8. The van der Waals surface area contributed by atoms with E-state index in [0.717, 1.165) is 13.1 Å². The van der Waals surface area contributed by atoms with Gasteiger partial charge in [-0.15, -0.1) is 0 Å². The van der Waals surface area contributed by atoms with Gasteiger partial charge < -0.3 is 15.4 Å². The lowest BCUT2D eigenvalue weighted by atomic mass is 10.0. The Hall–Kier alpha value is -1.59. The molecule has 5 heteroatoms. The van der Waals surface area contributed by atoms with Crippen LogP contribution in [0.1, 0.15) is 30.0 Å². The number of urea groups is 1. The lowest BCUT2D eigenvalue weighted by Gasteiger charge is -2.28. The van der Waals surface area contributed by atoms with Crippen LogP contribution in [-0.4, -0.2) is 50.8 Å². The topological polar surface area (TPSA) is 53.6 Å². The minimum Gasteiger partial charge on any atom is -0.383 e. The van der Waals surface area contributed by atoms with Gasteiger partial charge in [0, 0.05) is 20.2 Å². The van der Waals surface area contributed by atoms with Gasteiger partial charge >= 0.3 is 6.03 Å². The van der Waals surface area contributed by atoms with E-state index in [2.05, 4.69) is 46.7 Å². The zero-order valence-corrected chi connectivity index (χ0v) is 13.6. The number of likely N-dealkylation sites (tertiary alicyclic amines) is 1. The van der Waals surface area contributed by atoms with Gasteiger partial charge in [-0.25, -0.2) is 4.79 Å². The van der Waals surface area contributed by atoms with Gasteiger partial charge in [-0.2, -0.15) is 0 Å². The van der Waals surface area contributed by atoms with Crippen molar-refractivity contribution in [3.05, 3.63) is 35.4 Å². The molecule has 1 aromatic rings. The number of carbonyl (C=O) groups excluding carboxylic acids is 1. The predicted molar refractivity (Wildman–Crippen MR) is 88.0 cm³/mol. The fraction of sp³-hybridized carbons (Fsp3) is 0.588. The number of hydrogen-bond acceptors (Lipinski definition) is 3. The molecule has 1 atom stereocenters. The first kappa shape index (κ1) is 16.8. The summed E-state index contributed by atoms with van der Waals surface area (Å²) in [6, 6.07) is 8.73. The van der Waals surface area contributed by atoms with E-state index in [0.29, 0.717) is 19.7 Å². The van der Waals surface area contributed by atoms with E-state index in [1.807, 2.05) is 0 Å². The van der Waals surface area contributed by atoms with Crippen LogP contribution in [0.3, 0.4) is 0 Å². The molecule has 1 aliphatic heterocycles. The van der Waals surface area contributed by atoms with Crippen molar-refractivity contribution < 1.29 is 9.53 Å². The number of aryl methyl sites for hydroxylation is 1. The Labute approximate surface area is 133 Å². The van der Waals surface area contributed by atoms with Gasteiger partial charge in [0.1, 0.15) is 0 Å². The second kappa shape index (κ2) is 8.76. The highest BCUT2D eigenvalue weighted by molar-refractivity contribution is 5.73. The molecule has 0 bridgehead atoms. The first-order valence-corrected chi connectivity index (χ1v) is 8.02. The van der Waals surface area contributed by atoms with Crippen molar-refractivity contribution >= 4 is 6.03 Å². The summed E-state index contributed by atoms with van der Waals surface area (Å²) in [6.07, 6.45) is 2.48. The number of nitrogens with one attached hydrogen (secondary N) is 2. The highest BCUT2D eigenvalue weighted by Gasteiger charge is 2.23. The zero-order chi connectivity index (χ0) is 15.8. The molecule has 1 saturated heterocycles. The normalized spacial score (nSPS) is 16.5. The lowest BCUT2D eigenvalue weighted by Crippen LogP contribution is -2.42. The molecule has 0 saturated carbocycles. The Balaban J connectivity index is 1.93. The molecule has 1 heterocycles. The van der Waals surface area contributed by atoms with Crippen molar-refractivity contribution in [2.24, 2.45) is 0 Å². The van der Waals surface area contributed by atoms with Crippen molar-refractivity contribution in [2.45, 2.75) is 25.8 Å². The van der Waals surface area contributed by atoms with Crippen molar-refractivity contribution in [2.75, 3.05) is 39.9 Å². The van der Waals surface area contributed by atoms with Crippen LogP contribution >= 0.6 is 0 Å². The lowest BCUT2D eigenvalue weighted by molar-refractivity contribution is 0.193. The first-order valence-electron chi connectivity index (χ1n) is 8.02. The molecule has 5 nitrogen and oxygen atoms in total. The molecule has 0 aromatic heterocycles. The third kappa shape index (κ3) is 5.00. The Morgan fingerprint density at radius 2 is 1.91 bits per heavy atom. The summed E-state index contributed by atoms with van der Waals surface area (Å²) in [7, 11) is 1.63. The molecule has 1 fully saturated rings. The first-order chi connectivity index (χ1) is 10.7. The highest BCUT2D eigenvalue weighted by Crippen LogP contribution is 2.24. The quantitative estimate of drug-likeness (QED) is 0.758. The number of carbonyl (C=O) groups is 1. The van der Waals surface area contributed by atoms with E-state index < -0.39 is 0 Å². The van der Waals surface area contributed by atoms with Gasteiger partial charge in [0.2, 0.25) is 0 Å². The van der Waals surface area contributed by atoms with E-state index in [-0.39, 0.29) is 12.1 Å². The Bertz CT molecular complexity index is 455. The largest absolute Gasteiger partial charge is 0.383 e. The second-order valence-corrected chi connectivity index (χ2v) is 5.80. The Morgan fingerprint density at radius 1 is 1.23 bits per heavy atom. The van der Waals surface area contributed by atoms with Gasteiger partial charge in [-0.05, 0) is 38.4 Å². The molecule has 2 amide bonds. The molecule has 0 spiro atoms. The molecule has 22 heavy (non-hydrogen) atoms. The smallest absolute Gasteiger partial charge is 0.314 e. The number of rotatable bonds is 7. The van der Waals surface area contributed by atoms with Crippen LogP contribution in [0.4, 0.5) is 4.79 Å². The number of methoxy groups -OCH3 is 1. The zero-order valence-electron chi connectivity index (χ0n) is 13.6. The van der Waals surface area contributed by atoms with Crippen LogP contribution in [0.5, 0.6) is 0 Å². The molecule has 2 N–H and O–H groups in total. The van der Waals surface area contributed by atoms with Crippen molar-refractivity contribution in [1.29, 1.82) is 0 Å². The van der Waals surface area contributed by atoms with Gasteiger partial charge in [-0.1, -0.05) is 29.8 Å². The summed E-state index contributed by atoms with van der Waals surface area (Å²) in [5.74, 6) is 0. The second-order valence-electron chi connectivity index (χ2n) is 5.80. The van der Waals surface area contributed by atoms with E-state index in [9.17, 15) is 4.79 Å². The van der Waals surface area contributed by atoms with E-state index in [1.165, 1.54) is 24.0 Å². The molecular formula is C17H27N3O2. The average Bonchev–Trinajstić information content (AvgIpc) is 3.04. The van der Waals surface area contributed by atoms with Gasteiger partial charge in [0.05, 0.1) is 12.6 Å². The fourth-order valence-corrected chi connectivity index (χ4v) is 2.82. The maximum absolute atomic E-state index is 11.8. The summed E-state index contributed by atoms with van der Waals surface area (Å²) in [5, 5.41) is 5.78. The van der Waals surface area contributed by atoms with Crippen LogP contribution in [0, 0.1) is 6.92 Å². The van der Waals surface area contributed by atoms with Crippen LogP contribution < -0.4 is 10.6 Å².